The van der Waals surface area contributed by atoms with Gasteiger partial charge in [-0.3, -0.25) is 4.79 Å². The number of rotatable bonds is 7. The number of carbonyl (C=O) groups excluding carboxylic acids is 1. The number of nitrogens with one attached hydrogen (secondary N) is 1. The van der Waals surface area contributed by atoms with E-state index in [9.17, 15) is 4.79 Å². The highest BCUT2D eigenvalue weighted by Gasteiger charge is 2.25. The van der Waals surface area contributed by atoms with E-state index in [4.69, 9.17) is 9.73 Å². The van der Waals surface area contributed by atoms with E-state index in [1.54, 1.807) is 11.3 Å². The molecule has 5 aromatic rings. The van der Waals surface area contributed by atoms with Crippen molar-refractivity contribution in [2.75, 3.05) is 5.32 Å². The molecule has 0 spiro atoms. The van der Waals surface area contributed by atoms with Crippen LogP contribution in [0.3, 0.4) is 0 Å². The van der Waals surface area contributed by atoms with Crippen LogP contribution in [0.4, 0.5) is 10.7 Å². The number of aliphatic imine (C=N–C) groups is 1. The number of fused-ring (bicyclic) bond motifs is 2. The Kier molecular flexibility index (Phi) is 7.57. The van der Waals surface area contributed by atoms with Crippen LogP contribution in [0.2, 0.25) is 0 Å². The molecule has 1 aliphatic rings. The fourth-order valence-corrected chi connectivity index (χ4v) is 6.75. The van der Waals surface area contributed by atoms with Gasteiger partial charge in [-0.15, -0.1) is 11.3 Å². The van der Waals surface area contributed by atoms with E-state index in [0.29, 0.717) is 12.2 Å². The SMILES string of the molecule is O=C(Nc1ccccc1)c1c(N=Cc2ccc(OCc3cccc4ccccc34)c(Br)c2)sc2c1CCCC2. The Hall–Kier alpha value is -3.74. The summed E-state index contributed by atoms with van der Waals surface area (Å²) < 4.78 is 7.03. The van der Waals surface area contributed by atoms with Crippen LogP contribution in [0.5, 0.6) is 5.75 Å². The van der Waals surface area contributed by atoms with E-state index in [1.165, 1.54) is 15.6 Å². The molecule has 6 rings (SSSR count). The zero-order valence-corrected chi connectivity index (χ0v) is 23.7. The van der Waals surface area contributed by atoms with E-state index in [-0.39, 0.29) is 5.91 Å². The molecule has 0 aliphatic heterocycles. The van der Waals surface area contributed by atoms with Crippen molar-refractivity contribution in [3.8, 4) is 5.75 Å². The second-order valence-corrected chi connectivity index (χ2v) is 11.5. The summed E-state index contributed by atoms with van der Waals surface area (Å²) >= 11 is 5.31. The standard InChI is InChI=1S/C33H27BrN2O2S/c34-28-19-22(17-18-29(28)38-21-24-11-8-10-23-9-4-5-14-26(23)24)20-35-33-31(27-15-6-7-16-30(27)39-33)32(37)36-25-12-2-1-3-13-25/h1-5,8-14,17-20H,6-7,15-16,21H2,(H,36,37). The summed E-state index contributed by atoms with van der Waals surface area (Å²) in [5.74, 6) is 0.681. The number of carbonyl (C=O) groups is 1. The van der Waals surface area contributed by atoms with E-state index in [0.717, 1.165) is 63.3 Å². The highest BCUT2D eigenvalue weighted by atomic mass is 79.9. The number of nitrogens with zero attached hydrogens (tertiary/aromatic N) is 1. The van der Waals surface area contributed by atoms with Gasteiger partial charge in [0, 0.05) is 16.8 Å². The lowest BCUT2D eigenvalue weighted by Crippen LogP contribution is -2.14. The predicted molar refractivity (Wildman–Crippen MR) is 165 cm³/mol. The van der Waals surface area contributed by atoms with Crippen LogP contribution in [0.25, 0.3) is 10.8 Å². The summed E-state index contributed by atoms with van der Waals surface area (Å²) in [6.45, 7) is 0.480. The zero-order chi connectivity index (χ0) is 26.6. The molecule has 0 unspecified atom stereocenters. The van der Waals surface area contributed by atoms with Gasteiger partial charge in [0.2, 0.25) is 0 Å². The maximum atomic E-state index is 13.3. The Morgan fingerprint density at radius 3 is 2.62 bits per heavy atom. The number of hydrogen-bond donors (Lipinski definition) is 1. The summed E-state index contributed by atoms with van der Waals surface area (Å²) in [7, 11) is 0. The molecule has 1 N–H and O–H groups in total. The molecule has 1 aromatic heterocycles. The smallest absolute Gasteiger partial charge is 0.259 e. The third-order valence-corrected chi connectivity index (χ3v) is 8.78. The Labute approximate surface area is 240 Å². The third kappa shape index (κ3) is 5.68. The molecule has 0 saturated heterocycles. The third-order valence-electron chi connectivity index (χ3n) is 6.96. The van der Waals surface area contributed by atoms with Crippen molar-refractivity contribution in [2.24, 2.45) is 4.99 Å². The van der Waals surface area contributed by atoms with Gasteiger partial charge in [0.05, 0.1) is 10.0 Å². The van der Waals surface area contributed by atoms with Crippen LogP contribution in [0.15, 0.2) is 100 Å². The van der Waals surface area contributed by atoms with Gasteiger partial charge in [-0.2, -0.15) is 0 Å². The van der Waals surface area contributed by atoms with Gasteiger partial charge in [-0.05, 0) is 99.4 Å². The molecule has 4 aromatic carbocycles. The molecule has 1 heterocycles. The van der Waals surface area contributed by atoms with E-state index < -0.39 is 0 Å². The molecule has 0 radical (unpaired) electrons. The number of halogens is 1. The fourth-order valence-electron chi connectivity index (χ4n) is 5.01. The van der Waals surface area contributed by atoms with E-state index in [1.807, 2.05) is 60.8 Å². The quantitative estimate of drug-likeness (QED) is 0.191. The maximum Gasteiger partial charge on any atom is 0.259 e. The monoisotopic (exact) mass is 594 g/mol. The molecule has 6 heteroatoms. The summed E-state index contributed by atoms with van der Waals surface area (Å²) in [5.41, 5.74) is 4.74. The van der Waals surface area contributed by atoms with Gasteiger partial charge < -0.3 is 10.1 Å². The maximum absolute atomic E-state index is 13.3. The van der Waals surface area contributed by atoms with Crippen molar-refractivity contribution in [1.82, 2.24) is 0 Å². The largest absolute Gasteiger partial charge is 0.488 e. The van der Waals surface area contributed by atoms with Crippen LogP contribution >= 0.6 is 27.3 Å². The van der Waals surface area contributed by atoms with Crippen molar-refractivity contribution >= 4 is 60.8 Å². The summed E-state index contributed by atoms with van der Waals surface area (Å²) in [5, 5.41) is 6.23. The lowest BCUT2D eigenvalue weighted by atomic mass is 9.95. The molecular weight excluding hydrogens is 568 g/mol. The van der Waals surface area contributed by atoms with Crippen LogP contribution < -0.4 is 10.1 Å². The summed E-state index contributed by atoms with van der Waals surface area (Å²) in [6, 6.07) is 30.2. The molecule has 1 amide bonds. The van der Waals surface area contributed by atoms with Crippen molar-refractivity contribution in [2.45, 2.75) is 32.3 Å². The molecule has 0 saturated carbocycles. The van der Waals surface area contributed by atoms with Crippen LogP contribution in [-0.4, -0.2) is 12.1 Å². The molecule has 0 fully saturated rings. The topological polar surface area (TPSA) is 50.7 Å². The second-order valence-electron chi connectivity index (χ2n) is 9.59. The Morgan fingerprint density at radius 1 is 0.949 bits per heavy atom. The van der Waals surface area contributed by atoms with Crippen LogP contribution in [0, 0.1) is 0 Å². The minimum Gasteiger partial charge on any atom is -0.488 e. The first-order valence-electron chi connectivity index (χ1n) is 13.1. The Balaban J connectivity index is 1.21. The van der Waals surface area contributed by atoms with Gasteiger partial charge in [-0.1, -0.05) is 60.7 Å². The number of thiophene rings is 1. The number of hydrogen-bond acceptors (Lipinski definition) is 4. The van der Waals surface area contributed by atoms with Crippen molar-refractivity contribution < 1.29 is 9.53 Å². The van der Waals surface area contributed by atoms with Crippen molar-refractivity contribution in [3.63, 3.8) is 0 Å². The number of amides is 1. The first-order chi connectivity index (χ1) is 19.2. The number of aryl methyl sites for hydroxylation is 1. The number of anilines is 1. The summed E-state index contributed by atoms with van der Waals surface area (Å²) in [4.78, 5) is 19.4. The number of ether oxygens (including phenoxy) is 1. The zero-order valence-electron chi connectivity index (χ0n) is 21.3. The van der Waals surface area contributed by atoms with Gasteiger partial charge in [0.15, 0.2) is 0 Å². The highest BCUT2D eigenvalue weighted by Crippen LogP contribution is 2.40. The molecule has 194 valence electrons. The predicted octanol–water partition coefficient (Wildman–Crippen LogP) is 9.12. The van der Waals surface area contributed by atoms with Gasteiger partial charge in [-0.25, -0.2) is 4.99 Å². The first kappa shape index (κ1) is 25.5. The molecule has 1 aliphatic carbocycles. The minimum absolute atomic E-state index is 0.0916. The van der Waals surface area contributed by atoms with Crippen LogP contribution in [-0.2, 0) is 19.4 Å². The van der Waals surface area contributed by atoms with Crippen molar-refractivity contribution in [3.05, 3.63) is 123 Å². The minimum atomic E-state index is -0.0916. The number of benzene rings is 4. The summed E-state index contributed by atoms with van der Waals surface area (Å²) in [6.07, 6.45) is 6.02. The van der Waals surface area contributed by atoms with Gasteiger partial charge >= 0.3 is 0 Å². The number of para-hydroxylation sites is 1. The van der Waals surface area contributed by atoms with Gasteiger partial charge in [0.1, 0.15) is 17.4 Å². The molecule has 39 heavy (non-hydrogen) atoms. The normalized spacial score (nSPS) is 12.9. The van der Waals surface area contributed by atoms with Crippen molar-refractivity contribution in [1.29, 1.82) is 0 Å². The molecule has 0 atom stereocenters. The average Bonchev–Trinajstić information content (AvgIpc) is 3.35. The van der Waals surface area contributed by atoms with Gasteiger partial charge in [0.25, 0.3) is 5.91 Å². The highest BCUT2D eigenvalue weighted by molar-refractivity contribution is 9.10. The molecule has 0 bridgehead atoms. The molecular formula is C33H27BrN2O2S. The first-order valence-corrected chi connectivity index (χ1v) is 14.7. The second kappa shape index (κ2) is 11.6. The average molecular weight is 596 g/mol. The van der Waals surface area contributed by atoms with Crippen LogP contribution in [0.1, 0.15) is 44.8 Å². The Morgan fingerprint density at radius 2 is 1.74 bits per heavy atom. The Bertz CT molecular complexity index is 1670. The van der Waals surface area contributed by atoms with E-state index in [2.05, 4.69) is 57.6 Å². The lowest BCUT2D eigenvalue weighted by molar-refractivity contribution is 0.102. The molecule has 4 nitrogen and oxygen atoms in total. The fraction of sp³-hybridized carbons (Fsp3) is 0.152. The lowest BCUT2D eigenvalue weighted by Gasteiger charge is -2.12. The van der Waals surface area contributed by atoms with E-state index >= 15 is 0 Å².